The summed E-state index contributed by atoms with van der Waals surface area (Å²) in [5.74, 6) is 2.69. The van der Waals surface area contributed by atoms with Gasteiger partial charge < -0.3 is 9.47 Å². The molecule has 2 aliphatic rings. The topological polar surface area (TPSA) is 38.1 Å². The standard InChI is InChI=1S/C25H29N3O/c1-18-9-14-28-23-8-7-21(17-22(23)26-24(28)15-18)25(29)27-12-10-20(11-13-27)16-19-5-3-2-4-6-19/h2-8,17-18,20H,9-16H2,1H3. The first-order valence-corrected chi connectivity index (χ1v) is 11.0. The fourth-order valence-electron chi connectivity index (χ4n) is 4.95. The van der Waals surface area contributed by atoms with Crippen LogP contribution in [-0.2, 0) is 19.4 Å². The van der Waals surface area contributed by atoms with Crippen LogP contribution >= 0.6 is 0 Å². The highest BCUT2D eigenvalue weighted by Gasteiger charge is 2.25. The smallest absolute Gasteiger partial charge is 0.253 e. The molecule has 0 bridgehead atoms. The van der Waals surface area contributed by atoms with Crippen LogP contribution in [0.25, 0.3) is 11.0 Å². The summed E-state index contributed by atoms with van der Waals surface area (Å²) in [6, 6.07) is 16.8. The molecule has 3 heterocycles. The minimum absolute atomic E-state index is 0.157. The van der Waals surface area contributed by atoms with Gasteiger partial charge in [0.25, 0.3) is 5.91 Å². The Balaban J connectivity index is 1.27. The van der Waals surface area contributed by atoms with E-state index in [9.17, 15) is 4.79 Å². The fraction of sp³-hybridized carbons (Fsp3) is 0.440. The summed E-state index contributed by atoms with van der Waals surface area (Å²) in [6.07, 6.45) is 5.52. The summed E-state index contributed by atoms with van der Waals surface area (Å²) < 4.78 is 2.33. The molecule has 2 aromatic carbocycles. The second-order valence-electron chi connectivity index (χ2n) is 8.91. The highest BCUT2D eigenvalue weighted by molar-refractivity contribution is 5.97. The lowest BCUT2D eigenvalue weighted by Gasteiger charge is -2.32. The van der Waals surface area contributed by atoms with E-state index in [1.807, 2.05) is 17.0 Å². The second kappa shape index (κ2) is 7.66. The van der Waals surface area contributed by atoms with E-state index in [-0.39, 0.29) is 5.91 Å². The van der Waals surface area contributed by atoms with Crippen LogP contribution in [0.4, 0.5) is 0 Å². The maximum atomic E-state index is 13.1. The van der Waals surface area contributed by atoms with E-state index in [4.69, 9.17) is 4.98 Å². The Morgan fingerprint density at radius 2 is 1.83 bits per heavy atom. The highest BCUT2D eigenvalue weighted by Crippen LogP contribution is 2.27. The van der Waals surface area contributed by atoms with Crippen molar-refractivity contribution in [1.82, 2.24) is 14.5 Å². The lowest BCUT2D eigenvalue weighted by Crippen LogP contribution is -2.38. The number of carbonyl (C=O) groups is 1. The van der Waals surface area contributed by atoms with Crippen LogP contribution < -0.4 is 0 Å². The zero-order valence-corrected chi connectivity index (χ0v) is 17.2. The lowest BCUT2D eigenvalue weighted by atomic mass is 9.90. The van der Waals surface area contributed by atoms with E-state index in [1.54, 1.807) is 0 Å². The van der Waals surface area contributed by atoms with Crippen LogP contribution in [0.15, 0.2) is 48.5 Å². The van der Waals surface area contributed by atoms with Crippen molar-refractivity contribution in [1.29, 1.82) is 0 Å². The van der Waals surface area contributed by atoms with E-state index in [2.05, 4.69) is 47.9 Å². The van der Waals surface area contributed by atoms with E-state index in [1.165, 1.54) is 23.3 Å². The molecular formula is C25H29N3O. The number of aryl methyl sites for hydroxylation is 1. The van der Waals surface area contributed by atoms with Gasteiger partial charge in [-0.25, -0.2) is 4.98 Å². The van der Waals surface area contributed by atoms with Gasteiger partial charge in [-0.1, -0.05) is 37.3 Å². The van der Waals surface area contributed by atoms with Crippen molar-refractivity contribution in [2.75, 3.05) is 13.1 Å². The van der Waals surface area contributed by atoms with E-state index >= 15 is 0 Å². The molecule has 0 radical (unpaired) electrons. The molecule has 1 fully saturated rings. The summed E-state index contributed by atoms with van der Waals surface area (Å²) in [5.41, 5.74) is 4.33. The summed E-state index contributed by atoms with van der Waals surface area (Å²) >= 11 is 0. The molecule has 1 atom stereocenters. The molecule has 2 aliphatic heterocycles. The molecule has 1 aromatic heterocycles. The summed E-state index contributed by atoms with van der Waals surface area (Å²) in [4.78, 5) is 20.0. The molecule has 1 amide bonds. The molecule has 29 heavy (non-hydrogen) atoms. The van der Waals surface area contributed by atoms with E-state index in [0.717, 1.165) is 56.4 Å². The van der Waals surface area contributed by atoms with Gasteiger partial charge in [-0.3, -0.25) is 4.79 Å². The third-order valence-electron chi connectivity index (χ3n) is 6.72. The number of fused-ring (bicyclic) bond motifs is 3. The molecule has 150 valence electrons. The summed E-state index contributed by atoms with van der Waals surface area (Å²) in [5, 5.41) is 0. The zero-order valence-electron chi connectivity index (χ0n) is 17.2. The van der Waals surface area contributed by atoms with Crippen LogP contribution in [0, 0.1) is 11.8 Å². The number of likely N-dealkylation sites (tertiary alicyclic amines) is 1. The third-order valence-corrected chi connectivity index (χ3v) is 6.72. The molecule has 3 aromatic rings. The Morgan fingerprint density at radius 3 is 2.62 bits per heavy atom. The fourth-order valence-corrected chi connectivity index (χ4v) is 4.95. The number of nitrogens with zero attached hydrogens (tertiary/aromatic N) is 3. The molecule has 4 heteroatoms. The number of amides is 1. The minimum Gasteiger partial charge on any atom is -0.339 e. The molecule has 4 nitrogen and oxygen atoms in total. The Morgan fingerprint density at radius 1 is 1.03 bits per heavy atom. The average Bonchev–Trinajstić information content (AvgIpc) is 3.11. The van der Waals surface area contributed by atoms with Crippen LogP contribution in [-0.4, -0.2) is 33.4 Å². The van der Waals surface area contributed by atoms with Crippen LogP contribution in [0.2, 0.25) is 0 Å². The van der Waals surface area contributed by atoms with Crippen LogP contribution in [0.3, 0.4) is 0 Å². The maximum Gasteiger partial charge on any atom is 0.253 e. The average molecular weight is 388 g/mol. The van der Waals surface area contributed by atoms with Gasteiger partial charge in [0.05, 0.1) is 11.0 Å². The van der Waals surface area contributed by atoms with Crippen molar-refractivity contribution in [3.63, 3.8) is 0 Å². The molecule has 0 saturated carbocycles. The molecule has 0 spiro atoms. The predicted molar refractivity (Wildman–Crippen MR) is 116 cm³/mol. The normalized spacial score (nSPS) is 20.0. The number of hydrogen-bond donors (Lipinski definition) is 0. The Bertz CT molecular complexity index is 1020. The van der Waals surface area contributed by atoms with Gasteiger partial charge in [-0.05, 0) is 61.3 Å². The largest absolute Gasteiger partial charge is 0.339 e. The van der Waals surface area contributed by atoms with E-state index in [0.29, 0.717) is 11.8 Å². The lowest BCUT2D eigenvalue weighted by molar-refractivity contribution is 0.0690. The van der Waals surface area contributed by atoms with Crippen molar-refractivity contribution in [3.05, 3.63) is 65.5 Å². The van der Waals surface area contributed by atoms with Gasteiger partial charge in [-0.2, -0.15) is 0 Å². The monoisotopic (exact) mass is 387 g/mol. The number of piperidine rings is 1. The van der Waals surface area contributed by atoms with Crippen molar-refractivity contribution >= 4 is 16.9 Å². The first kappa shape index (κ1) is 18.4. The van der Waals surface area contributed by atoms with Gasteiger partial charge in [0.15, 0.2) is 0 Å². The molecule has 0 N–H and O–H groups in total. The summed E-state index contributed by atoms with van der Waals surface area (Å²) in [6.45, 7) is 5.03. The Hall–Kier alpha value is -2.62. The van der Waals surface area contributed by atoms with Crippen molar-refractivity contribution < 1.29 is 4.79 Å². The van der Waals surface area contributed by atoms with Crippen molar-refractivity contribution in [3.8, 4) is 0 Å². The molecule has 1 unspecified atom stereocenters. The van der Waals surface area contributed by atoms with E-state index < -0.39 is 0 Å². The SMILES string of the molecule is CC1CCn2c(nc3cc(C(=O)N4CCC(Cc5ccccc5)CC4)ccc32)C1. The van der Waals surface area contributed by atoms with Gasteiger partial charge in [-0.15, -0.1) is 0 Å². The van der Waals surface area contributed by atoms with Crippen LogP contribution in [0.1, 0.15) is 47.9 Å². The second-order valence-corrected chi connectivity index (χ2v) is 8.91. The zero-order chi connectivity index (χ0) is 19.8. The number of carbonyl (C=O) groups excluding carboxylic acids is 1. The van der Waals surface area contributed by atoms with Gasteiger partial charge in [0, 0.05) is 31.6 Å². The van der Waals surface area contributed by atoms with Crippen molar-refractivity contribution in [2.45, 2.75) is 45.6 Å². The Labute approximate surface area is 172 Å². The number of aromatic nitrogens is 2. The quantitative estimate of drug-likeness (QED) is 0.653. The number of imidazole rings is 1. The van der Waals surface area contributed by atoms with Gasteiger partial charge in [0.2, 0.25) is 0 Å². The Kier molecular flexibility index (Phi) is 4.86. The molecular weight excluding hydrogens is 358 g/mol. The first-order chi connectivity index (χ1) is 14.2. The number of hydrogen-bond acceptors (Lipinski definition) is 2. The van der Waals surface area contributed by atoms with Crippen molar-refractivity contribution in [2.24, 2.45) is 11.8 Å². The molecule has 5 rings (SSSR count). The third kappa shape index (κ3) is 3.68. The maximum absolute atomic E-state index is 13.1. The van der Waals surface area contributed by atoms with Gasteiger partial charge in [0.1, 0.15) is 5.82 Å². The highest BCUT2D eigenvalue weighted by atomic mass is 16.2. The number of benzene rings is 2. The van der Waals surface area contributed by atoms with Crippen LogP contribution in [0.5, 0.6) is 0 Å². The minimum atomic E-state index is 0.157. The predicted octanol–water partition coefficient (Wildman–Crippen LogP) is 4.71. The summed E-state index contributed by atoms with van der Waals surface area (Å²) in [7, 11) is 0. The first-order valence-electron chi connectivity index (χ1n) is 11.0. The van der Waals surface area contributed by atoms with Gasteiger partial charge >= 0.3 is 0 Å². The number of rotatable bonds is 3. The molecule has 1 saturated heterocycles. The molecule has 0 aliphatic carbocycles.